The zero-order valence-electron chi connectivity index (χ0n) is 17.3. The van der Waals surface area contributed by atoms with Gasteiger partial charge in [-0.05, 0) is 36.4 Å². The van der Waals surface area contributed by atoms with Crippen LogP contribution in [0.1, 0.15) is 10.4 Å². The van der Waals surface area contributed by atoms with E-state index in [1.807, 2.05) is 53.6 Å². The number of amides is 1. The van der Waals surface area contributed by atoms with Crippen molar-refractivity contribution in [3.8, 4) is 5.69 Å². The molecule has 1 aromatic carbocycles. The standard InChI is InChI=1S/C22H25N7O2/c30-22(18-3-1-4-19(17-18)29-8-2-7-23-29)28-11-9-26(10-12-28)20-5-6-21(25-24-20)27-13-15-31-16-14-27/h1-8,17H,9-16H2. The SMILES string of the molecule is O=C(c1cccc(-n2cccn2)c1)N1CCN(c2ccc(N3CCOCC3)nn2)CC1. The van der Waals surface area contributed by atoms with Crippen LogP contribution in [0.3, 0.4) is 0 Å². The van der Waals surface area contributed by atoms with Crippen molar-refractivity contribution in [3.63, 3.8) is 0 Å². The van der Waals surface area contributed by atoms with Crippen LogP contribution in [0.25, 0.3) is 5.69 Å². The molecule has 0 saturated carbocycles. The van der Waals surface area contributed by atoms with E-state index < -0.39 is 0 Å². The highest BCUT2D eigenvalue weighted by atomic mass is 16.5. The maximum absolute atomic E-state index is 13.0. The lowest BCUT2D eigenvalue weighted by molar-refractivity contribution is 0.0746. The molecule has 9 nitrogen and oxygen atoms in total. The van der Waals surface area contributed by atoms with Gasteiger partial charge in [-0.15, -0.1) is 10.2 Å². The van der Waals surface area contributed by atoms with E-state index in [0.717, 1.165) is 56.7 Å². The van der Waals surface area contributed by atoms with E-state index in [2.05, 4.69) is 25.1 Å². The summed E-state index contributed by atoms with van der Waals surface area (Å²) in [5.74, 6) is 1.78. The van der Waals surface area contributed by atoms with E-state index in [0.29, 0.717) is 18.7 Å². The smallest absolute Gasteiger partial charge is 0.254 e. The molecule has 0 aliphatic carbocycles. The molecule has 0 bridgehead atoms. The number of carbonyl (C=O) groups is 1. The fraction of sp³-hybridized carbons (Fsp3) is 0.364. The van der Waals surface area contributed by atoms with Gasteiger partial charge in [0, 0.05) is 57.2 Å². The highest BCUT2D eigenvalue weighted by molar-refractivity contribution is 5.95. The van der Waals surface area contributed by atoms with Crippen LogP contribution >= 0.6 is 0 Å². The van der Waals surface area contributed by atoms with Gasteiger partial charge in [0.1, 0.15) is 0 Å². The van der Waals surface area contributed by atoms with Gasteiger partial charge in [0.15, 0.2) is 11.6 Å². The van der Waals surface area contributed by atoms with Crippen molar-refractivity contribution in [2.45, 2.75) is 0 Å². The lowest BCUT2D eigenvalue weighted by atomic mass is 10.1. The van der Waals surface area contributed by atoms with E-state index in [9.17, 15) is 4.79 Å². The van der Waals surface area contributed by atoms with Crippen LogP contribution in [-0.2, 0) is 4.74 Å². The Morgan fingerprint density at radius 2 is 1.55 bits per heavy atom. The Labute approximate surface area is 180 Å². The molecule has 2 fully saturated rings. The Morgan fingerprint density at radius 3 is 2.19 bits per heavy atom. The Bertz CT molecular complexity index is 1010. The van der Waals surface area contributed by atoms with Gasteiger partial charge in [0.05, 0.1) is 18.9 Å². The monoisotopic (exact) mass is 419 g/mol. The van der Waals surface area contributed by atoms with E-state index in [4.69, 9.17) is 4.74 Å². The maximum Gasteiger partial charge on any atom is 0.254 e. The number of aromatic nitrogens is 4. The summed E-state index contributed by atoms with van der Waals surface area (Å²) in [6, 6.07) is 13.5. The molecule has 2 aliphatic heterocycles. The number of hydrogen-bond donors (Lipinski definition) is 0. The Balaban J connectivity index is 1.20. The average Bonchev–Trinajstić information content (AvgIpc) is 3.40. The van der Waals surface area contributed by atoms with Gasteiger partial charge >= 0.3 is 0 Å². The third-order valence-corrected chi connectivity index (χ3v) is 5.72. The normalized spacial score (nSPS) is 17.1. The van der Waals surface area contributed by atoms with Crippen molar-refractivity contribution < 1.29 is 9.53 Å². The summed E-state index contributed by atoms with van der Waals surface area (Å²) in [4.78, 5) is 19.3. The predicted molar refractivity (Wildman–Crippen MR) is 117 cm³/mol. The molecule has 31 heavy (non-hydrogen) atoms. The van der Waals surface area contributed by atoms with Crippen molar-refractivity contribution in [3.05, 3.63) is 60.4 Å². The second-order valence-electron chi connectivity index (χ2n) is 7.63. The van der Waals surface area contributed by atoms with Crippen molar-refractivity contribution in [2.75, 3.05) is 62.3 Å². The number of ether oxygens (including phenoxy) is 1. The molecule has 2 saturated heterocycles. The summed E-state index contributed by atoms with van der Waals surface area (Å²) in [5.41, 5.74) is 1.56. The van der Waals surface area contributed by atoms with Crippen LogP contribution < -0.4 is 9.80 Å². The number of benzene rings is 1. The molecule has 0 unspecified atom stereocenters. The van der Waals surface area contributed by atoms with Crippen LogP contribution in [0.2, 0.25) is 0 Å². The van der Waals surface area contributed by atoms with Gasteiger partial charge in [-0.25, -0.2) is 4.68 Å². The number of anilines is 2. The van der Waals surface area contributed by atoms with Gasteiger partial charge < -0.3 is 19.4 Å². The maximum atomic E-state index is 13.0. The van der Waals surface area contributed by atoms with Crippen LogP contribution in [0, 0.1) is 0 Å². The van der Waals surface area contributed by atoms with Crippen molar-refractivity contribution in [2.24, 2.45) is 0 Å². The number of nitrogens with zero attached hydrogens (tertiary/aromatic N) is 7. The Kier molecular flexibility index (Phi) is 5.49. The summed E-state index contributed by atoms with van der Waals surface area (Å²) in [6.07, 6.45) is 3.60. The number of rotatable bonds is 4. The lowest BCUT2D eigenvalue weighted by Gasteiger charge is -2.35. The summed E-state index contributed by atoms with van der Waals surface area (Å²) >= 11 is 0. The third-order valence-electron chi connectivity index (χ3n) is 5.72. The molecule has 0 spiro atoms. The van der Waals surface area contributed by atoms with Crippen LogP contribution in [0.5, 0.6) is 0 Å². The lowest BCUT2D eigenvalue weighted by Crippen LogP contribution is -2.49. The predicted octanol–water partition coefficient (Wildman–Crippen LogP) is 1.46. The Hall–Kier alpha value is -3.46. The summed E-state index contributed by atoms with van der Waals surface area (Å²) in [6.45, 7) is 5.91. The number of piperazine rings is 1. The van der Waals surface area contributed by atoms with Gasteiger partial charge in [-0.1, -0.05) is 6.07 Å². The molecule has 5 rings (SSSR count). The van der Waals surface area contributed by atoms with Gasteiger partial charge in [0.25, 0.3) is 5.91 Å². The van der Waals surface area contributed by atoms with E-state index in [-0.39, 0.29) is 5.91 Å². The minimum Gasteiger partial charge on any atom is -0.378 e. The highest BCUT2D eigenvalue weighted by Crippen LogP contribution is 2.19. The molecular weight excluding hydrogens is 394 g/mol. The highest BCUT2D eigenvalue weighted by Gasteiger charge is 2.23. The molecular formula is C22H25N7O2. The zero-order valence-corrected chi connectivity index (χ0v) is 17.3. The fourth-order valence-corrected chi connectivity index (χ4v) is 3.97. The fourth-order valence-electron chi connectivity index (χ4n) is 3.97. The molecule has 3 aromatic rings. The number of carbonyl (C=O) groups excluding carboxylic acids is 1. The summed E-state index contributed by atoms with van der Waals surface area (Å²) < 4.78 is 7.15. The molecule has 0 radical (unpaired) electrons. The first kappa shape index (κ1) is 19.5. The first-order valence-corrected chi connectivity index (χ1v) is 10.6. The summed E-state index contributed by atoms with van der Waals surface area (Å²) in [5, 5.41) is 13.1. The van der Waals surface area contributed by atoms with Gasteiger partial charge in [-0.3, -0.25) is 4.79 Å². The molecule has 1 amide bonds. The minimum atomic E-state index is 0.0439. The first-order valence-electron chi connectivity index (χ1n) is 10.6. The van der Waals surface area contributed by atoms with E-state index in [1.54, 1.807) is 10.9 Å². The Morgan fingerprint density at radius 1 is 0.839 bits per heavy atom. The number of morpholine rings is 1. The minimum absolute atomic E-state index is 0.0439. The first-order chi connectivity index (χ1) is 15.3. The molecule has 2 aromatic heterocycles. The molecule has 0 atom stereocenters. The average molecular weight is 419 g/mol. The quantitative estimate of drug-likeness (QED) is 0.633. The van der Waals surface area contributed by atoms with E-state index >= 15 is 0 Å². The molecule has 4 heterocycles. The summed E-state index contributed by atoms with van der Waals surface area (Å²) in [7, 11) is 0. The van der Waals surface area contributed by atoms with Crippen LogP contribution in [0.4, 0.5) is 11.6 Å². The largest absolute Gasteiger partial charge is 0.378 e. The third kappa shape index (κ3) is 4.22. The molecule has 0 N–H and O–H groups in total. The zero-order chi connectivity index (χ0) is 21.0. The molecule has 160 valence electrons. The van der Waals surface area contributed by atoms with Gasteiger partial charge in [-0.2, -0.15) is 5.10 Å². The topological polar surface area (TPSA) is 79.6 Å². The van der Waals surface area contributed by atoms with Crippen LogP contribution in [-0.4, -0.2) is 83.3 Å². The van der Waals surface area contributed by atoms with Crippen molar-refractivity contribution in [1.29, 1.82) is 0 Å². The molecule has 2 aliphatic rings. The van der Waals surface area contributed by atoms with Crippen molar-refractivity contribution in [1.82, 2.24) is 24.9 Å². The van der Waals surface area contributed by atoms with Crippen molar-refractivity contribution >= 4 is 17.5 Å². The van der Waals surface area contributed by atoms with Gasteiger partial charge in [0.2, 0.25) is 0 Å². The number of hydrogen-bond acceptors (Lipinski definition) is 7. The second kappa shape index (κ2) is 8.73. The van der Waals surface area contributed by atoms with E-state index in [1.165, 1.54) is 0 Å². The van der Waals surface area contributed by atoms with Crippen LogP contribution in [0.15, 0.2) is 54.9 Å². The second-order valence-corrected chi connectivity index (χ2v) is 7.63. The molecule has 9 heteroatoms.